The zero-order valence-electron chi connectivity index (χ0n) is 16.1. The lowest BCUT2D eigenvalue weighted by molar-refractivity contribution is 0.0619. The molecule has 146 valence electrons. The predicted octanol–water partition coefficient (Wildman–Crippen LogP) is 4.56. The minimum atomic E-state index is -0.190. The summed E-state index contributed by atoms with van der Waals surface area (Å²) in [7, 11) is 0. The fourth-order valence-electron chi connectivity index (χ4n) is 5.40. The van der Waals surface area contributed by atoms with Crippen LogP contribution in [0.2, 0.25) is 0 Å². The number of hydrogen-bond donors (Lipinski definition) is 1. The number of amides is 1. The Kier molecular flexibility index (Phi) is 4.39. The van der Waals surface area contributed by atoms with Crippen molar-refractivity contribution in [2.45, 2.75) is 44.1 Å². The Morgan fingerprint density at radius 3 is 2.25 bits per heavy atom. The Hall–Kier alpha value is -2.33. The summed E-state index contributed by atoms with van der Waals surface area (Å²) in [5, 5.41) is 9.79. The van der Waals surface area contributed by atoms with E-state index in [0.29, 0.717) is 6.61 Å². The summed E-state index contributed by atoms with van der Waals surface area (Å²) < 4.78 is 5.82. The smallest absolute Gasteiger partial charge is 0.409 e. The Labute approximate surface area is 166 Å². The summed E-state index contributed by atoms with van der Waals surface area (Å²) in [4.78, 5) is 14.7. The summed E-state index contributed by atoms with van der Waals surface area (Å²) in [6.07, 6.45) is 4.43. The number of aliphatic hydroxyl groups excluding tert-OH is 1. The van der Waals surface area contributed by atoms with Crippen molar-refractivity contribution in [3.63, 3.8) is 0 Å². The zero-order valence-corrected chi connectivity index (χ0v) is 16.1. The molecule has 1 aliphatic heterocycles. The highest BCUT2D eigenvalue weighted by Crippen LogP contribution is 2.46. The minimum Gasteiger partial charge on any atom is -0.448 e. The molecule has 0 unspecified atom stereocenters. The van der Waals surface area contributed by atoms with E-state index in [1.54, 1.807) is 0 Å². The second-order valence-electron chi connectivity index (χ2n) is 8.71. The summed E-state index contributed by atoms with van der Waals surface area (Å²) in [5.41, 5.74) is 5.19. The van der Waals surface area contributed by atoms with Crippen LogP contribution in [0.3, 0.4) is 0 Å². The zero-order chi connectivity index (χ0) is 19.1. The molecule has 4 heteroatoms. The lowest BCUT2D eigenvalue weighted by Crippen LogP contribution is -2.36. The maximum absolute atomic E-state index is 12.8. The van der Waals surface area contributed by atoms with Crippen molar-refractivity contribution >= 4 is 6.09 Å². The van der Waals surface area contributed by atoms with Gasteiger partial charge in [0.25, 0.3) is 0 Å². The van der Waals surface area contributed by atoms with Gasteiger partial charge >= 0.3 is 6.09 Å². The third-order valence-electron chi connectivity index (χ3n) is 7.05. The maximum Gasteiger partial charge on any atom is 0.409 e. The number of fused-ring (bicyclic) bond motifs is 3. The van der Waals surface area contributed by atoms with Crippen molar-refractivity contribution in [2.24, 2.45) is 5.41 Å². The minimum absolute atomic E-state index is 0.109. The third kappa shape index (κ3) is 3.00. The van der Waals surface area contributed by atoms with E-state index in [4.69, 9.17) is 4.74 Å². The summed E-state index contributed by atoms with van der Waals surface area (Å²) in [5.74, 6) is 0.109. The molecular weight excluding hydrogens is 350 g/mol. The molecule has 0 atom stereocenters. The van der Waals surface area contributed by atoms with Crippen LogP contribution in [-0.4, -0.2) is 41.9 Å². The molecule has 2 aromatic carbocycles. The second kappa shape index (κ2) is 6.93. The second-order valence-corrected chi connectivity index (χ2v) is 8.71. The fraction of sp³-hybridized carbons (Fsp3) is 0.458. The molecule has 1 saturated heterocycles. The van der Waals surface area contributed by atoms with Crippen LogP contribution >= 0.6 is 0 Å². The standard InChI is InChI=1S/C24H27NO3/c26-17-9-11-24(12-10-17)13-14-25(16-24)23(27)28-15-22-20-7-3-1-5-18(20)19-6-2-4-8-21(19)22/h1-8,17,22,26H,9-16H2. The van der Waals surface area contributed by atoms with Gasteiger partial charge in [-0.1, -0.05) is 48.5 Å². The van der Waals surface area contributed by atoms with Gasteiger partial charge in [-0.05, 0) is 59.8 Å². The summed E-state index contributed by atoms with van der Waals surface area (Å²) in [6, 6.07) is 16.8. The van der Waals surface area contributed by atoms with Gasteiger partial charge in [0.05, 0.1) is 6.10 Å². The quantitative estimate of drug-likeness (QED) is 0.834. The van der Waals surface area contributed by atoms with Crippen LogP contribution in [0.15, 0.2) is 48.5 Å². The Bertz CT molecular complexity index is 839. The number of carbonyl (C=O) groups excluding carboxylic acids is 1. The summed E-state index contributed by atoms with van der Waals surface area (Å²) >= 11 is 0. The van der Waals surface area contributed by atoms with Crippen molar-refractivity contribution in [1.82, 2.24) is 4.90 Å². The first-order chi connectivity index (χ1) is 13.7. The van der Waals surface area contributed by atoms with Crippen LogP contribution in [0.25, 0.3) is 11.1 Å². The summed E-state index contributed by atoms with van der Waals surface area (Å²) in [6.45, 7) is 1.93. The molecule has 1 N–H and O–H groups in total. The normalized spacial score (nSPS) is 26.3. The number of nitrogens with zero attached hydrogens (tertiary/aromatic N) is 1. The highest BCUT2D eigenvalue weighted by Gasteiger charge is 2.42. The van der Waals surface area contributed by atoms with E-state index >= 15 is 0 Å². The molecule has 1 amide bonds. The van der Waals surface area contributed by atoms with Gasteiger partial charge in [0.1, 0.15) is 6.61 Å². The molecule has 0 bridgehead atoms. The predicted molar refractivity (Wildman–Crippen MR) is 108 cm³/mol. The van der Waals surface area contributed by atoms with Crippen LogP contribution in [0.4, 0.5) is 4.79 Å². The molecule has 0 radical (unpaired) electrons. The monoisotopic (exact) mass is 377 g/mol. The first kappa shape index (κ1) is 17.7. The van der Waals surface area contributed by atoms with E-state index in [-0.39, 0.29) is 23.5 Å². The van der Waals surface area contributed by atoms with Gasteiger partial charge in [-0.2, -0.15) is 0 Å². The molecule has 1 saturated carbocycles. The number of ether oxygens (including phenoxy) is 1. The first-order valence-electron chi connectivity index (χ1n) is 10.4. The highest BCUT2D eigenvalue weighted by molar-refractivity contribution is 5.79. The van der Waals surface area contributed by atoms with E-state index in [0.717, 1.165) is 45.2 Å². The van der Waals surface area contributed by atoms with Gasteiger partial charge < -0.3 is 14.7 Å². The number of aliphatic hydroxyl groups is 1. The molecule has 2 aromatic rings. The van der Waals surface area contributed by atoms with E-state index < -0.39 is 0 Å². The number of hydrogen-bond acceptors (Lipinski definition) is 3. The van der Waals surface area contributed by atoms with Gasteiger partial charge in [0, 0.05) is 19.0 Å². The van der Waals surface area contributed by atoms with Crippen molar-refractivity contribution < 1.29 is 14.6 Å². The third-order valence-corrected chi connectivity index (χ3v) is 7.05. The molecule has 2 aliphatic carbocycles. The molecule has 5 rings (SSSR count). The molecular formula is C24H27NO3. The van der Waals surface area contributed by atoms with Crippen LogP contribution in [-0.2, 0) is 4.74 Å². The van der Waals surface area contributed by atoms with Crippen molar-refractivity contribution in [2.75, 3.05) is 19.7 Å². The van der Waals surface area contributed by atoms with Crippen LogP contribution in [0, 0.1) is 5.41 Å². The van der Waals surface area contributed by atoms with Gasteiger partial charge in [0.2, 0.25) is 0 Å². The van der Waals surface area contributed by atoms with Crippen molar-refractivity contribution in [3.8, 4) is 11.1 Å². The SMILES string of the molecule is O=C(OCC1c2ccccc2-c2ccccc21)N1CCC2(CCC(O)CC2)C1. The molecule has 4 nitrogen and oxygen atoms in total. The lowest BCUT2D eigenvalue weighted by Gasteiger charge is -2.35. The number of benzene rings is 2. The van der Waals surface area contributed by atoms with Gasteiger partial charge in [-0.3, -0.25) is 0 Å². The fourth-order valence-corrected chi connectivity index (χ4v) is 5.40. The molecule has 1 heterocycles. The average molecular weight is 377 g/mol. The van der Waals surface area contributed by atoms with Gasteiger partial charge in [-0.25, -0.2) is 4.79 Å². The van der Waals surface area contributed by atoms with Crippen molar-refractivity contribution in [1.29, 1.82) is 0 Å². The number of carbonyl (C=O) groups is 1. The topological polar surface area (TPSA) is 49.8 Å². The van der Waals surface area contributed by atoms with E-state index in [2.05, 4.69) is 48.5 Å². The van der Waals surface area contributed by atoms with Crippen LogP contribution in [0.1, 0.15) is 49.1 Å². The molecule has 3 aliphatic rings. The van der Waals surface area contributed by atoms with Crippen LogP contribution in [0.5, 0.6) is 0 Å². The van der Waals surface area contributed by atoms with Crippen LogP contribution < -0.4 is 0 Å². The molecule has 28 heavy (non-hydrogen) atoms. The first-order valence-corrected chi connectivity index (χ1v) is 10.4. The maximum atomic E-state index is 12.8. The highest BCUT2D eigenvalue weighted by atomic mass is 16.6. The van der Waals surface area contributed by atoms with E-state index in [1.165, 1.54) is 22.3 Å². The molecule has 0 aromatic heterocycles. The largest absolute Gasteiger partial charge is 0.448 e. The van der Waals surface area contributed by atoms with E-state index in [1.807, 2.05) is 4.90 Å². The number of rotatable bonds is 2. The lowest BCUT2D eigenvalue weighted by atomic mass is 9.73. The van der Waals surface area contributed by atoms with Gasteiger partial charge in [0.15, 0.2) is 0 Å². The average Bonchev–Trinajstić information content (AvgIpc) is 3.29. The van der Waals surface area contributed by atoms with Crippen molar-refractivity contribution in [3.05, 3.63) is 59.7 Å². The van der Waals surface area contributed by atoms with E-state index in [9.17, 15) is 9.90 Å². The molecule has 1 spiro atoms. The van der Waals surface area contributed by atoms with Gasteiger partial charge in [-0.15, -0.1) is 0 Å². The number of likely N-dealkylation sites (tertiary alicyclic amines) is 1. The Morgan fingerprint density at radius 2 is 1.61 bits per heavy atom. The Balaban J connectivity index is 1.26. The Morgan fingerprint density at radius 1 is 1.00 bits per heavy atom. The molecule has 2 fully saturated rings.